The van der Waals surface area contributed by atoms with Crippen molar-refractivity contribution in [3.63, 3.8) is 0 Å². The van der Waals surface area contributed by atoms with Crippen molar-refractivity contribution in [2.45, 2.75) is 76.7 Å². The first-order valence-corrected chi connectivity index (χ1v) is 14.8. The highest BCUT2D eigenvalue weighted by molar-refractivity contribution is 6.74. The van der Waals surface area contributed by atoms with Crippen molar-refractivity contribution in [1.82, 2.24) is 20.0 Å². The van der Waals surface area contributed by atoms with Gasteiger partial charge in [-0.3, -0.25) is 0 Å². The lowest BCUT2D eigenvalue weighted by Gasteiger charge is -2.42. The van der Waals surface area contributed by atoms with Crippen LogP contribution in [0.2, 0.25) is 23.3 Å². The van der Waals surface area contributed by atoms with Crippen LogP contribution in [0.4, 0.5) is 5.82 Å². The average Bonchev–Trinajstić information content (AvgIpc) is 2.68. The van der Waals surface area contributed by atoms with Gasteiger partial charge in [0, 0.05) is 44.9 Å². The molecule has 1 aromatic rings. The lowest BCUT2D eigenvalue weighted by molar-refractivity contribution is 0.0809. The van der Waals surface area contributed by atoms with Gasteiger partial charge >= 0.3 is 0 Å². The maximum absolute atomic E-state index is 6.64. The van der Waals surface area contributed by atoms with Gasteiger partial charge in [0.1, 0.15) is 5.82 Å². The zero-order valence-electron chi connectivity index (χ0n) is 19.5. The Morgan fingerprint density at radius 3 is 2.40 bits per heavy atom. The van der Waals surface area contributed by atoms with Gasteiger partial charge in [-0.15, -0.1) is 10.2 Å². The lowest BCUT2D eigenvalue weighted by Crippen LogP contribution is -2.49. The highest BCUT2D eigenvalue weighted by Gasteiger charge is 2.39. The van der Waals surface area contributed by atoms with Gasteiger partial charge in [0.2, 0.25) is 0 Å². The minimum Gasteiger partial charge on any atom is -0.414 e. The van der Waals surface area contributed by atoms with E-state index in [1.54, 1.807) is 6.07 Å². The van der Waals surface area contributed by atoms with Crippen molar-refractivity contribution in [2.75, 3.05) is 44.6 Å². The Hall–Kier alpha value is -0.733. The number of hydrogen-bond acceptors (Lipinski definition) is 6. The molecule has 1 N–H and O–H groups in total. The van der Waals surface area contributed by atoms with Gasteiger partial charge in [-0.05, 0) is 62.5 Å². The van der Waals surface area contributed by atoms with Crippen molar-refractivity contribution in [1.29, 1.82) is 0 Å². The van der Waals surface area contributed by atoms with E-state index in [9.17, 15) is 0 Å². The maximum Gasteiger partial charge on any atom is 0.192 e. The first-order chi connectivity index (χ1) is 14.1. The first kappa shape index (κ1) is 23.9. The molecule has 0 bridgehead atoms. The molecule has 0 amide bonds. The Balaban J connectivity index is 1.37. The monoisotopic (exact) mass is 453 g/mol. The molecule has 2 fully saturated rings. The third-order valence-corrected chi connectivity index (χ3v) is 11.8. The third kappa shape index (κ3) is 6.89. The van der Waals surface area contributed by atoms with Crippen LogP contribution in [0.25, 0.3) is 0 Å². The molecule has 2 saturated heterocycles. The molecule has 0 saturated carbocycles. The number of piperidine rings is 2. The van der Waals surface area contributed by atoms with Crippen molar-refractivity contribution in [3.8, 4) is 0 Å². The van der Waals surface area contributed by atoms with Gasteiger partial charge in [-0.25, -0.2) is 0 Å². The topological polar surface area (TPSA) is 53.5 Å². The van der Waals surface area contributed by atoms with E-state index >= 15 is 0 Å². The minimum atomic E-state index is -1.65. The fraction of sp³-hybridized carbons (Fsp3) is 0.818. The van der Waals surface area contributed by atoms with Gasteiger partial charge in [0.15, 0.2) is 13.5 Å². The van der Waals surface area contributed by atoms with Crippen LogP contribution >= 0.6 is 11.6 Å². The second kappa shape index (κ2) is 10.3. The van der Waals surface area contributed by atoms with E-state index in [4.69, 9.17) is 16.0 Å². The fourth-order valence-electron chi connectivity index (χ4n) is 4.11. The molecule has 0 spiro atoms. The van der Waals surface area contributed by atoms with E-state index in [2.05, 4.69) is 59.2 Å². The molecule has 2 aliphatic rings. The summed E-state index contributed by atoms with van der Waals surface area (Å²) < 4.78 is 6.64. The largest absolute Gasteiger partial charge is 0.414 e. The third-order valence-electron chi connectivity index (χ3n) is 7.02. The number of hydrogen-bond donors (Lipinski definition) is 1. The molecule has 2 aliphatic heterocycles. The van der Waals surface area contributed by atoms with Crippen LogP contribution in [0.3, 0.4) is 0 Å². The van der Waals surface area contributed by atoms with Crippen molar-refractivity contribution in [2.24, 2.45) is 0 Å². The summed E-state index contributed by atoms with van der Waals surface area (Å²) in [7, 11) is -1.65. The molecule has 170 valence electrons. The smallest absolute Gasteiger partial charge is 0.192 e. The average molecular weight is 454 g/mol. The molecule has 30 heavy (non-hydrogen) atoms. The number of nitrogens with one attached hydrogen (secondary N) is 1. The molecule has 8 heteroatoms. The second-order valence-electron chi connectivity index (χ2n) is 10.4. The zero-order valence-corrected chi connectivity index (χ0v) is 21.2. The van der Waals surface area contributed by atoms with Gasteiger partial charge in [-0.2, -0.15) is 0 Å². The van der Waals surface area contributed by atoms with Crippen LogP contribution in [0, 0.1) is 0 Å². The molecule has 3 heterocycles. The molecule has 1 atom stereocenters. The summed E-state index contributed by atoms with van der Waals surface area (Å²) in [5.74, 6) is 0.815. The van der Waals surface area contributed by atoms with Crippen LogP contribution in [0.15, 0.2) is 12.1 Å². The van der Waals surface area contributed by atoms with E-state index in [0.717, 1.165) is 38.5 Å². The summed E-state index contributed by atoms with van der Waals surface area (Å²) in [4.78, 5) is 5.20. The standard InChI is InChI=1S/C22H40ClN5OSi/c1-22(2,3)30(4,5)29-19-10-13-27(14-11-19)15-16-28-12-6-7-18(17-28)24-21-9-8-20(23)25-26-21/h8-9,18-19H,6-7,10-17H2,1-5H3,(H,24,26)/t18-/m1/s1. The minimum absolute atomic E-state index is 0.292. The number of anilines is 1. The zero-order chi connectivity index (χ0) is 21.8. The molecular formula is C22H40ClN5OSi. The van der Waals surface area contributed by atoms with Crippen molar-refractivity contribution < 1.29 is 4.43 Å². The van der Waals surface area contributed by atoms with Crippen molar-refractivity contribution >= 4 is 25.7 Å². The van der Waals surface area contributed by atoms with Crippen LogP contribution in [-0.2, 0) is 4.43 Å². The molecule has 1 aromatic heterocycles. The Morgan fingerprint density at radius 2 is 1.77 bits per heavy atom. The van der Waals surface area contributed by atoms with Crippen LogP contribution < -0.4 is 5.32 Å². The molecule has 0 unspecified atom stereocenters. The number of likely N-dealkylation sites (tertiary alicyclic amines) is 2. The van der Waals surface area contributed by atoms with Gasteiger partial charge < -0.3 is 19.5 Å². The second-order valence-corrected chi connectivity index (χ2v) is 15.6. The van der Waals surface area contributed by atoms with E-state index in [0.29, 0.717) is 22.3 Å². The lowest BCUT2D eigenvalue weighted by atomic mass is 10.1. The van der Waals surface area contributed by atoms with E-state index in [1.165, 1.54) is 32.2 Å². The number of halogens is 1. The predicted octanol–water partition coefficient (Wildman–Crippen LogP) is 4.49. The summed E-state index contributed by atoms with van der Waals surface area (Å²) in [6, 6.07) is 4.12. The summed E-state index contributed by atoms with van der Waals surface area (Å²) in [5.41, 5.74) is 0. The SMILES string of the molecule is CC(C)(C)[Si](C)(C)OC1CCN(CCN2CCC[C@@H](Nc3ccc(Cl)nn3)C2)CC1. The fourth-order valence-corrected chi connectivity index (χ4v) is 5.63. The Kier molecular flexibility index (Phi) is 8.18. The Morgan fingerprint density at radius 1 is 1.07 bits per heavy atom. The summed E-state index contributed by atoms with van der Waals surface area (Å²) in [6.45, 7) is 18.6. The van der Waals surface area contributed by atoms with Crippen LogP contribution in [0.5, 0.6) is 0 Å². The summed E-state index contributed by atoms with van der Waals surface area (Å²) in [6.07, 6.45) is 5.20. The van der Waals surface area contributed by atoms with Gasteiger partial charge in [-0.1, -0.05) is 32.4 Å². The number of aromatic nitrogens is 2. The normalized spacial score (nSPS) is 22.9. The van der Waals surface area contributed by atoms with Crippen molar-refractivity contribution in [3.05, 3.63) is 17.3 Å². The number of rotatable bonds is 7. The molecular weight excluding hydrogens is 414 g/mol. The Labute approximate surface area is 188 Å². The summed E-state index contributed by atoms with van der Waals surface area (Å²) >= 11 is 5.83. The molecule has 0 radical (unpaired) electrons. The predicted molar refractivity (Wildman–Crippen MR) is 128 cm³/mol. The van der Waals surface area contributed by atoms with Gasteiger partial charge in [0.25, 0.3) is 0 Å². The molecule has 6 nitrogen and oxygen atoms in total. The van der Waals surface area contributed by atoms with E-state index in [1.807, 2.05) is 6.07 Å². The first-order valence-electron chi connectivity index (χ1n) is 11.5. The maximum atomic E-state index is 6.64. The van der Waals surface area contributed by atoms with Gasteiger partial charge in [0.05, 0.1) is 0 Å². The molecule has 0 aromatic carbocycles. The highest BCUT2D eigenvalue weighted by Crippen LogP contribution is 2.38. The van der Waals surface area contributed by atoms with Crippen LogP contribution in [0.1, 0.15) is 46.5 Å². The quantitative estimate of drug-likeness (QED) is 0.613. The van der Waals surface area contributed by atoms with Crippen LogP contribution in [-0.4, -0.2) is 79.7 Å². The number of nitrogens with zero attached hydrogens (tertiary/aromatic N) is 4. The molecule has 3 rings (SSSR count). The van der Waals surface area contributed by atoms with E-state index in [-0.39, 0.29) is 0 Å². The van der Waals surface area contributed by atoms with E-state index < -0.39 is 8.32 Å². The molecule has 0 aliphatic carbocycles. The summed E-state index contributed by atoms with van der Waals surface area (Å²) in [5, 5.41) is 12.3. The highest BCUT2D eigenvalue weighted by atomic mass is 35.5. The Bertz CT molecular complexity index is 658.